The molecule has 5 nitrogen and oxygen atoms in total. The molecule has 0 fully saturated rings. The van der Waals surface area contributed by atoms with E-state index in [1.807, 2.05) is 35.2 Å². The van der Waals surface area contributed by atoms with Crippen molar-refractivity contribution in [3.63, 3.8) is 0 Å². The van der Waals surface area contributed by atoms with Crippen molar-refractivity contribution in [3.8, 4) is 16.9 Å². The Labute approximate surface area is 191 Å². The van der Waals surface area contributed by atoms with Gasteiger partial charge in [-0.1, -0.05) is 54.6 Å². The Bertz CT molecular complexity index is 1410. The van der Waals surface area contributed by atoms with E-state index in [9.17, 15) is 0 Å². The quantitative estimate of drug-likeness (QED) is 0.315. The fourth-order valence-corrected chi connectivity index (χ4v) is 4.57. The third kappa shape index (κ3) is 3.63. The van der Waals surface area contributed by atoms with Gasteiger partial charge in [-0.05, 0) is 49.3 Å². The van der Waals surface area contributed by atoms with Gasteiger partial charge < -0.3 is 5.32 Å². The summed E-state index contributed by atoms with van der Waals surface area (Å²) in [7, 11) is 0. The molecule has 0 saturated carbocycles. The van der Waals surface area contributed by atoms with E-state index in [2.05, 4.69) is 72.7 Å². The van der Waals surface area contributed by atoms with Crippen molar-refractivity contribution < 1.29 is 0 Å². The van der Waals surface area contributed by atoms with E-state index in [0.29, 0.717) is 5.95 Å². The van der Waals surface area contributed by atoms with E-state index in [1.54, 1.807) is 18.0 Å². The van der Waals surface area contributed by atoms with Gasteiger partial charge in [0.05, 0.1) is 28.3 Å². The average Bonchev–Trinajstić information content (AvgIpc) is 3.18. The zero-order chi connectivity index (χ0) is 22.1. The molecule has 0 unspecified atom stereocenters. The van der Waals surface area contributed by atoms with Gasteiger partial charge in [-0.25, -0.2) is 14.6 Å². The monoisotopic (exact) mass is 437 g/mol. The number of thioether (sulfide) groups is 1. The van der Waals surface area contributed by atoms with Gasteiger partial charge >= 0.3 is 0 Å². The molecule has 5 rings (SSSR count). The summed E-state index contributed by atoms with van der Waals surface area (Å²) in [4.78, 5) is 9.38. The normalized spacial score (nSPS) is 11.1. The van der Waals surface area contributed by atoms with Crippen LogP contribution in [0.3, 0.4) is 0 Å². The fraction of sp³-hybridized carbons (Fsp3) is 0.115. The van der Waals surface area contributed by atoms with Crippen LogP contribution >= 0.6 is 11.8 Å². The molecule has 6 heteroatoms. The van der Waals surface area contributed by atoms with Crippen LogP contribution in [-0.4, -0.2) is 26.0 Å². The van der Waals surface area contributed by atoms with Crippen LogP contribution in [0.4, 0.5) is 11.6 Å². The third-order valence-corrected chi connectivity index (χ3v) is 6.24. The first-order valence-corrected chi connectivity index (χ1v) is 11.7. The van der Waals surface area contributed by atoms with E-state index in [0.717, 1.165) is 44.3 Å². The molecule has 0 bridgehead atoms. The fourth-order valence-electron chi connectivity index (χ4n) is 3.95. The Morgan fingerprint density at radius 1 is 0.875 bits per heavy atom. The van der Waals surface area contributed by atoms with Crippen LogP contribution in [0.1, 0.15) is 11.3 Å². The van der Waals surface area contributed by atoms with Crippen molar-refractivity contribution in [2.75, 3.05) is 11.6 Å². The lowest BCUT2D eigenvalue weighted by Crippen LogP contribution is -2.01. The summed E-state index contributed by atoms with van der Waals surface area (Å²) in [5, 5.41) is 11.6. The molecule has 0 spiro atoms. The number of nitrogens with zero attached hydrogens (tertiary/aromatic N) is 4. The number of para-hydroxylation sites is 1. The SMILES string of the molecule is CSc1nn(-c2ccccc2)c(C)c1-c1ccnc(Nc2c(C)ccc3ccccc23)n1. The number of rotatable bonds is 5. The summed E-state index contributed by atoms with van der Waals surface area (Å²) in [6.07, 6.45) is 3.84. The highest BCUT2D eigenvalue weighted by molar-refractivity contribution is 7.98. The van der Waals surface area contributed by atoms with Gasteiger partial charge in [-0.3, -0.25) is 0 Å². The molecule has 2 heterocycles. The highest BCUT2D eigenvalue weighted by Gasteiger charge is 2.19. The van der Waals surface area contributed by atoms with Gasteiger partial charge in [-0.15, -0.1) is 11.8 Å². The van der Waals surface area contributed by atoms with Crippen molar-refractivity contribution in [2.45, 2.75) is 18.9 Å². The Balaban J connectivity index is 1.58. The molecule has 158 valence electrons. The van der Waals surface area contributed by atoms with E-state index in [-0.39, 0.29) is 0 Å². The Hall–Kier alpha value is -3.64. The van der Waals surface area contributed by atoms with Crippen LogP contribution in [0.25, 0.3) is 27.7 Å². The standard InChI is InChI=1S/C26H23N5S/c1-17-13-14-19-9-7-8-12-21(19)24(17)29-26-27-16-15-22(28-26)23-18(2)31(30-25(23)32-3)20-10-5-4-6-11-20/h4-16H,1-3H3,(H,27,28,29). The Morgan fingerprint density at radius 3 is 2.47 bits per heavy atom. The number of fused-ring (bicyclic) bond motifs is 1. The van der Waals surface area contributed by atoms with Gasteiger partial charge in [-0.2, -0.15) is 5.10 Å². The number of aromatic nitrogens is 4. The first-order chi connectivity index (χ1) is 15.7. The minimum atomic E-state index is 0.570. The minimum Gasteiger partial charge on any atom is -0.323 e. The van der Waals surface area contributed by atoms with Crippen LogP contribution < -0.4 is 5.32 Å². The number of hydrogen-bond acceptors (Lipinski definition) is 5. The smallest absolute Gasteiger partial charge is 0.227 e. The summed E-state index contributed by atoms with van der Waals surface area (Å²) in [6.45, 7) is 4.18. The van der Waals surface area contributed by atoms with Crippen LogP contribution in [0, 0.1) is 13.8 Å². The van der Waals surface area contributed by atoms with Crippen molar-refractivity contribution in [1.82, 2.24) is 19.7 Å². The van der Waals surface area contributed by atoms with E-state index in [1.165, 1.54) is 5.39 Å². The van der Waals surface area contributed by atoms with Gasteiger partial charge in [0, 0.05) is 11.6 Å². The lowest BCUT2D eigenvalue weighted by molar-refractivity contribution is 0.814. The van der Waals surface area contributed by atoms with Crippen LogP contribution in [0.15, 0.2) is 84.0 Å². The lowest BCUT2D eigenvalue weighted by Gasteiger charge is -2.12. The zero-order valence-corrected chi connectivity index (χ0v) is 19.0. The zero-order valence-electron chi connectivity index (χ0n) is 18.2. The average molecular weight is 438 g/mol. The Morgan fingerprint density at radius 2 is 1.66 bits per heavy atom. The number of hydrogen-bond donors (Lipinski definition) is 1. The molecular formula is C26H23N5S. The number of nitrogens with one attached hydrogen (secondary N) is 1. The second kappa shape index (κ2) is 8.48. The first kappa shape index (κ1) is 20.3. The highest BCUT2D eigenvalue weighted by Crippen LogP contribution is 2.34. The summed E-state index contributed by atoms with van der Waals surface area (Å²) in [5.41, 5.74) is 6.14. The van der Waals surface area contributed by atoms with Crippen molar-refractivity contribution in [3.05, 3.63) is 90.3 Å². The Kier molecular flexibility index (Phi) is 5.37. The molecule has 0 radical (unpaired) electrons. The van der Waals surface area contributed by atoms with Crippen LogP contribution in [0.5, 0.6) is 0 Å². The van der Waals surface area contributed by atoms with E-state index >= 15 is 0 Å². The van der Waals surface area contributed by atoms with Crippen LogP contribution in [-0.2, 0) is 0 Å². The number of anilines is 2. The van der Waals surface area contributed by atoms with Crippen LogP contribution in [0.2, 0.25) is 0 Å². The van der Waals surface area contributed by atoms with E-state index < -0.39 is 0 Å². The molecule has 0 aliphatic carbocycles. The number of aryl methyl sites for hydroxylation is 1. The second-order valence-electron chi connectivity index (χ2n) is 7.59. The van der Waals surface area contributed by atoms with Gasteiger partial charge in [0.15, 0.2) is 0 Å². The predicted molar refractivity (Wildman–Crippen MR) is 133 cm³/mol. The predicted octanol–water partition coefficient (Wildman–Crippen LogP) is 6.56. The molecule has 2 aromatic heterocycles. The molecule has 0 aliphatic rings. The molecule has 0 saturated heterocycles. The number of benzene rings is 3. The van der Waals surface area contributed by atoms with E-state index in [4.69, 9.17) is 10.1 Å². The van der Waals surface area contributed by atoms with Crippen molar-refractivity contribution >= 4 is 34.2 Å². The van der Waals surface area contributed by atoms with Crippen molar-refractivity contribution in [1.29, 1.82) is 0 Å². The van der Waals surface area contributed by atoms with Gasteiger partial charge in [0.1, 0.15) is 5.03 Å². The molecule has 5 aromatic rings. The maximum absolute atomic E-state index is 4.87. The topological polar surface area (TPSA) is 55.6 Å². The highest BCUT2D eigenvalue weighted by atomic mass is 32.2. The second-order valence-corrected chi connectivity index (χ2v) is 8.38. The largest absolute Gasteiger partial charge is 0.323 e. The molecule has 32 heavy (non-hydrogen) atoms. The first-order valence-electron chi connectivity index (χ1n) is 10.4. The third-order valence-electron chi connectivity index (χ3n) is 5.56. The van der Waals surface area contributed by atoms with Gasteiger partial charge in [0.25, 0.3) is 0 Å². The lowest BCUT2D eigenvalue weighted by atomic mass is 10.0. The minimum absolute atomic E-state index is 0.570. The maximum atomic E-state index is 4.87. The van der Waals surface area contributed by atoms with Crippen molar-refractivity contribution in [2.24, 2.45) is 0 Å². The molecule has 0 amide bonds. The molecular weight excluding hydrogens is 414 g/mol. The molecule has 0 aliphatic heterocycles. The van der Waals surface area contributed by atoms with Gasteiger partial charge in [0.2, 0.25) is 5.95 Å². The summed E-state index contributed by atoms with van der Waals surface area (Å²) >= 11 is 1.62. The summed E-state index contributed by atoms with van der Waals surface area (Å²) in [5.74, 6) is 0.570. The summed E-state index contributed by atoms with van der Waals surface area (Å²) < 4.78 is 1.98. The molecule has 1 N–H and O–H groups in total. The maximum Gasteiger partial charge on any atom is 0.227 e. The molecule has 3 aromatic carbocycles. The molecule has 0 atom stereocenters. The summed E-state index contributed by atoms with van der Waals surface area (Å²) in [6, 6.07) is 24.7.